The van der Waals surface area contributed by atoms with Crippen LogP contribution < -0.4 is 11.1 Å². The number of anilines is 1. The predicted octanol–water partition coefficient (Wildman–Crippen LogP) is 3.01. The van der Waals surface area contributed by atoms with Crippen LogP contribution in [0.3, 0.4) is 0 Å². The second-order valence-corrected chi connectivity index (χ2v) is 5.31. The molecule has 0 aliphatic heterocycles. The zero-order valence-electron chi connectivity index (χ0n) is 10.1. The van der Waals surface area contributed by atoms with Crippen LogP contribution in [0.15, 0.2) is 47.3 Å². The van der Waals surface area contributed by atoms with Gasteiger partial charge in [-0.1, -0.05) is 0 Å². The molecule has 3 N–H and O–H groups in total. The number of benzene rings is 1. The van der Waals surface area contributed by atoms with E-state index >= 15 is 0 Å². The Morgan fingerprint density at radius 2 is 2.21 bits per heavy atom. The first-order valence-electron chi connectivity index (χ1n) is 5.81. The van der Waals surface area contributed by atoms with E-state index in [1.165, 1.54) is 11.3 Å². The molecule has 3 rings (SSSR count). The van der Waals surface area contributed by atoms with Crippen molar-refractivity contribution in [3.63, 3.8) is 0 Å². The van der Waals surface area contributed by atoms with Gasteiger partial charge in [-0.2, -0.15) is 0 Å². The van der Waals surface area contributed by atoms with E-state index in [2.05, 4.69) is 5.32 Å². The molecule has 0 unspecified atom stereocenters. The first kappa shape index (κ1) is 11.8. The van der Waals surface area contributed by atoms with Gasteiger partial charge in [0.1, 0.15) is 0 Å². The Labute approximate surface area is 113 Å². The highest BCUT2D eigenvalue weighted by Gasteiger charge is 2.10. The molecular weight excluding hydrogens is 260 g/mol. The minimum Gasteiger partial charge on any atom is -0.472 e. The van der Waals surface area contributed by atoms with Crippen LogP contribution in [0, 0.1) is 0 Å². The first-order chi connectivity index (χ1) is 9.22. The molecule has 4 nitrogen and oxygen atoms in total. The van der Waals surface area contributed by atoms with E-state index in [4.69, 9.17) is 10.2 Å². The van der Waals surface area contributed by atoms with Gasteiger partial charge in [0, 0.05) is 22.5 Å². The summed E-state index contributed by atoms with van der Waals surface area (Å²) in [6.45, 7) is 0.464. The first-order valence-corrected chi connectivity index (χ1v) is 6.62. The number of furan rings is 1. The number of hydrogen-bond donors (Lipinski definition) is 2. The normalized spacial score (nSPS) is 10.7. The van der Waals surface area contributed by atoms with Crippen LogP contribution in [0.1, 0.15) is 15.2 Å². The molecule has 0 saturated heterocycles. The number of rotatable bonds is 3. The fraction of sp³-hybridized carbons (Fsp3) is 0.0714. The number of nitrogens with two attached hydrogens (primary N) is 1. The Hall–Kier alpha value is -2.27. The molecular formula is C14H12N2O2S. The maximum Gasteiger partial charge on any atom is 0.261 e. The summed E-state index contributed by atoms with van der Waals surface area (Å²) in [5, 5.41) is 3.86. The summed E-state index contributed by atoms with van der Waals surface area (Å²) in [6.07, 6.45) is 3.20. The van der Waals surface area contributed by atoms with Gasteiger partial charge in [0.15, 0.2) is 0 Å². The fourth-order valence-corrected chi connectivity index (χ4v) is 2.80. The summed E-state index contributed by atoms with van der Waals surface area (Å²) in [5.41, 5.74) is 7.37. The van der Waals surface area contributed by atoms with Crippen molar-refractivity contribution in [2.75, 3.05) is 5.73 Å². The van der Waals surface area contributed by atoms with E-state index in [0.717, 1.165) is 15.6 Å². The summed E-state index contributed by atoms with van der Waals surface area (Å²) < 4.78 is 6.01. The van der Waals surface area contributed by atoms with Crippen molar-refractivity contribution in [1.29, 1.82) is 0 Å². The number of carbonyl (C=O) groups is 1. The van der Waals surface area contributed by atoms with Gasteiger partial charge in [0.05, 0.1) is 17.4 Å². The Kier molecular flexibility index (Phi) is 2.97. The van der Waals surface area contributed by atoms with Gasteiger partial charge in [0.2, 0.25) is 0 Å². The highest BCUT2D eigenvalue weighted by molar-refractivity contribution is 7.20. The molecule has 5 heteroatoms. The largest absolute Gasteiger partial charge is 0.472 e. The van der Waals surface area contributed by atoms with Crippen LogP contribution >= 0.6 is 11.3 Å². The molecule has 0 aliphatic carbocycles. The highest BCUT2D eigenvalue weighted by Crippen LogP contribution is 2.27. The smallest absolute Gasteiger partial charge is 0.261 e. The molecule has 2 aromatic heterocycles. The van der Waals surface area contributed by atoms with Crippen molar-refractivity contribution in [3.05, 3.63) is 53.3 Å². The van der Waals surface area contributed by atoms with Gasteiger partial charge in [-0.25, -0.2) is 0 Å². The molecule has 0 bridgehead atoms. The second-order valence-electron chi connectivity index (χ2n) is 4.22. The lowest BCUT2D eigenvalue weighted by atomic mass is 10.2. The highest BCUT2D eigenvalue weighted by atomic mass is 32.1. The molecule has 0 atom stereocenters. The molecule has 96 valence electrons. The maximum absolute atomic E-state index is 12.0. The molecule has 19 heavy (non-hydrogen) atoms. The Bertz CT molecular complexity index is 716. The number of nitrogens with one attached hydrogen (secondary N) is 1. The van der Waals surface area contributed by atoms with E-state index in [1.54, 1.807) is 12.5 Å². The maximum atomic E-state index is 12.0. The summed E-state index contributed by atoms with van der Waals surface area (Å²) in [4.78, 5) is 12.7. The molecule has 0 spiro atoms. The third-order valence-electron chi connectivity index (χ3n) is 2.80. The SMILES string of the molecule is Nc1ccc2sc(C(=O)NCc3ccoc3)cc2c1. The van der Waals surface area contributed by atoms with Crippen LogP contribution in [-0.2, 0) is 6.54 Å². The minimum absolute atomic E-state index is 0.0824. The third kappa shape index (κ3) is 2.46. The molecule has 1 aromatic carbocycles. The average molecular weight is 272 g/mol. The number of fused-ring (bicyclic) bond motifs is 1. The van der Waals surface area contributed by atoms with Crippen molar-refractivity contribution < 1.29 is 9.21 Å². The molecule has 0 fully saturated rings. The molecule has 0 radical (unpaired) electrons. The lowest BCUT2D eigenvalue weighted by Gasteiger charge is -1.99. The van der Waals surface area contributed by atoms with Gasteiger partial charge < -0.3 is 15.5 Å². The molecule has 1 amide bonds. The quantitative estimate of drug-likeness (QED) is 0.720. The average Bonchev–Trinajstić information content (AvgIpc) is 3.04. The van der Waals surface area contributed by atoms with Gasteiger partial charge in [-0.3, -0.25) is 4.79 Å². The number of hydrogen-bond acceptors (Lipinski definition) is 4. The van der Waals surface area contributed by atoms with Crippen LogP contribution in [0.25, 0.3) is 10.1 Å². The van der Waals surface area contributed by atoms with Crippen LogP contribution in [0.5, 0.6) is 0 Å². The van der Waals surface area contributed by atoms with E-state index in [1.807, 2.05) is 30.3 Å². The summed E-state index contributed by atoms with van der Waals surface area (Å²) in [7, 11) is 0. The van der Waals surface area contributed by atoms with Crippen molar-refractivity contribution >= 4 is 33.0 Å². The van der Waals surface area contributed by atoms with Gasteiger partial charge in [0.25, 0.3) is 5.91 Å². The lowest BCUT2D eigenvalue weighted by Crippen LogP contribution is -2.21. The Morgan fingerprint density at radius 3 is 3.00 bits per heavy atom. The monoisotopic (exact) mass is 272 g/mol. The van der Waals surface area contributed by atoms with Gasteiger partial charge in [-0.05, 0) is 35.7 Å². The van der Waals surface area contributed by atoms with Crippen molar-refractivity contribution in [2.24, 2.45) is 0 Å². The lowest BCUT2D eigenvalue weighted by molar-refractivity contribution is 0.0955. The topological polar surface area (TPSA) is 68.3 Å². The zero-order chi connectivity index (χ0) is 13.2. The van der Waals surface area contributed by atoms with Crippen LogP contribution in [-0.4, -0.2) is 5.91 Å². The number of thiophene rings is 1. The van der Waals surface area contributed by atoms with E-state index in [9.17, 15) is 4.79 Å². The van der Waals surface area contributed by atoms with E-state index in [0.29, 0.717) is 17.1 Å². The molecule has 3 aromatic rings. The fourth-order valence-electron chi connectivity index (χ4n) is 1.84. The number of carbonyl (C=O) groups excluding carboxylic acids is 1. The zero-order valence-corrected chi connectivity index (χ0v) is 10.9. The van der Waals surface area contributed by atoms with Gasteiger partial charge in [-0.15, -0.1) is 11.3 Å². The van der Waals surface area contributed by atoms with Crippen molar-refractivity contribution in [2.45, 2.75) is 6.54 Å². The number of nitrogen functional groups attached to an aromatic ring is 1. The standard InChI is InChI=1S/C14H12N2O2S/c15-11-1-2-12-10(5-11)6-13(19-12)14(17)16-7-9-3-4-18-8-9/h1-6,8H,7,15H2,(H,16,17). The molecule has 2 heterocycles. The minimum atomic E-state index is -0.0824. The third-order valence-corrected chi connectivity index (χ3v) is 3.91. The van der Waals surface area contributed by atoms with E-state index < -0.39 is 0 Å². The van der Waals surface area contributed by atoms with Crippen LogP contribution in [0.2, 0.25) is 0 Å². The molecule has 0 saturated carbocycles. The van der Waals surface area contributed by atoms with Gasteiger partial charge >= 0.3 is 0 Å². The van der Waals surface area contributed by atoms with E-state index in [-0.39, 0.29) is 5.91 Å². The molecule has 0 aliphatic rings. The van der Waals surface area contributed by atoms with Crippen molar-refractivity contribution in [1.82, 2.24) is 5.32 Å². The summed E-state index contributed by atoms with van der Waals surface area (Å²) in [6, 6.07) is 9.33. The Morgan fingerprint density at radius 1 is 1.32 bits per heavy atom. The second kappa shape index (κ2) is 4.78. The van der Waals surface area contributed by atoms with Crippen molar-refractivity contribution in [3.8, 4) is 0 Å². The predicted molar refractivity (Wildman–Crippen MR) is 76.1 cm³/mol. The van der Waals surface area contributed by atoms with Crippen LogP contribution in [0.4, 0.5) is 5.69 Å². The summed E-state index contributed by atoms with van der Waals surface area (Å²) in [5.74, 6) is -0.0824. The summed E-state index contributed by atoms with van der Waals surface area (Å²) >= 11 is 1.46. The Balaban J connectivity index is 1.77. The number of amides is 1.